The number of esters is 1. The molecule has 0 saturated carbocycles. The summed E-state index contributed by atoms with van der Waals surface area (Å²) in [5.41, 5.74) is 1.42. The molecule has 0 saturated heterocycles. The van der Waals surface area contributed by atoms with Crippen LogP contribution >= 0.6 is 0 Å². The fourth-order valence-corrected chi connectivity index (χ4v) is 3.51. The summed E-state index contributed by atoms with van der Waals surface area (Å²) >= 11 is 0. The number of rotatable bonds is 0. The molecule has 1 atom stereocenters. The third-order valence-corrected chi connectivity index (χ3v) is 4.55. The van der Waals surface area contributed by atoms with E-state index in [1.165, 1.54) is 0 Å². The van der Waals surface area contributed by atoms with E-state index in [1.807, 2.05) is 0 Å². The monoisotopic (exact) mass is 337 g/mol. The molecule has 0 aromatic heterocycles. The van der Waals surface area contributed by atoms with Crippen molar-refractivity contribution < 1.29 is 9.53 Å². The lowest BCUT2D eigenvalue weighted by atomic mass is 9.75. The molecule has 1 aliphatic rings. The Morgan fingerprint density at radius 2 is 1.29 bits per heavy atom. The first kappa shape index (κ1) is 21.1. The van der Waals surface area contributed by atoms with Gasteiger partial charge in [0, 0.05) is 16.7 Å². The summed E-state index contributed by atoms with van der Waals surface area (Å²) in [6.45, 7) is 26.7. The normalized spacial score (nSPS) is 21.8. The zero-order valence-electron chi connectivity index (χ0n) is 18.0. The largest absolute Gasteiger partial charge is 0.460 e. The molecule has 0 amide bonds. The van der Waals surface area contributed by atoms with Crippen molar-refractivity contribution in [2.45, 2.75) is 94.7 Å². The van der Waals surface area contributed by atoms with Gasteiger partial charge in [-0.15, -0.1) is 0 Å². The van der Waals surface area contributed by atoms with E-state index in [4.69, 9.17) is 4.74 Å². The Morgan fingerprint density at radius 1 is 0.833 bits per heavy atom. The van der Waals surface area contributed by atoms with Crippen molar-refractivity contribution in [1.29, 1.82) is 0 Å². The van der Waals surface area contributed by atoms with Gasteiger partial charge < -0.3 is 9.64 Å². The van der Waals surface area contributed by atoms with Gasteiger partial charge in [0.1, 0.15) is 6.61 Å². The highest BCUT2D eigenvalue weighted by atomic mass is 16.5. The second-order valence-corrected chi connectivity index (χ2v) is 11.2. The Kier molecular flexibility index (Phi) is 5.32. The summed E-state index contributed by atoms with van der Waals surface area (Å²) in [4.78, 5) is 15.4. The van der Waals surface area contributed by atoms with Crippen molar-refractivity contribution in [1.82, 2.24) is 4.90 Å². The summed E-state index contributed by atoms with van der Waals surface area (Å²) in [5.74, 6) is -0.159. The molecule has 0 N–H and O–H groups in total. The van der Waals surface area contributed by atoms with Crippen molar-refractivity contribution in [2.75, 3.05) is 6.61 Å². The summed E-state index contributed by atoms with van der Waals surface area (Å²) in [7, 11) is 0. The molecule has 0 fully saturated rings. The molecule has 0 radical (unpaired) electrons. The van der Waals surface area contributed by atoms with Crippen LogP contribution in [0.2, 0.25) is 0 Å². The number of hydrogen-bond acceptors (Lipinski definition) is 3. The van der Waals surface area contributed by atoms with Crippen LogP contribution in [-0.2, 0) is 9.53 Å². The predicted molar refractivity (Wildman–Crippen MR) is 102 cm³/mol. The molecule has 3 heteroatoms. The molecule has 24 heavy (non-hydrogen) atoms. The fourth-order valence-electron chi connectivity index (χ4n) is 3.51. The van der Waals surface area contributed by atoms with Gasteiger partial charge in [-0.25, -0.2) is 4.79 Å². The van der Waals surface area contributed by atoms with Crippen LogP contribution in [0.25, 0.3) is 0 Å². The van der Waals surface area contributed by atoms with E-state index < -0.39 is 0 Å². The maximum Gasteiger partial charge on any atom is 0.336 e. The quantitative estimate of drug-likeness (QED) is 0.554. The molecular formula is C21H39NO2. The first-order chi connectivity index (χ1) is 10.4. The van der Waals surface area contributed by atoms with E-state index in [2.05, 4.69) is 88.0 Å². The van der Waals surface area contributed by atoms with E-state index in [0.29, 0.717) is 6.61 Å². The number of allylic oxidation sites excluding steroid dienone is 1. The Hall–Kier alpha value is -0.990. The highest BCUT2D eigenvalue weighted by Gasteiger charge is 2.47. The first-order valence-electron chi connectivity index (χ1n) is 9.10. The lowest BCUT2D eigenvalue weighted by molar-refractivity contribution is -0.142. The molecule has 1 rings (SSSR count). The Labute approximate surface area is 149 Å². The summed E-state index contributed by atoms with van der Waals surface area (Å²) in [6, 6.07) is 0.135. The zero-order valence-corrected chi connectivity index (χ0v) is 18.0. The first-order valence-corrected chi connectivity index (χ1v) is 9.10. The maximum atomic E-state index is 13.0. The number of cyclic esters (lactones) is 1. The molecule has 1 heterocycles. The SMILES string of the molecule is CC(C)(C)C1=C(C(C)(C)C)N(C(C)(C)C)C(C(C)(C)C)COC1=O. The van der Waals surface area contributed by atoms with Gasteiger partial charge in [0.15, 0.2) is 0 Å². The predicted octanol–water partition coefficient (Wildman–Crippen LogP) is 5.40. The van der Waals surface area contributed by atoms with Gasteiger partial charge in [0.2, 0.25) is 0 Å². The minimum atomic E-state index is -0.268. The number of hydrogen-bond donors (Lipinski definition) is 0. The molecule has 1 unspecified atom stereocenters. The molecule has 140 valence electrons. The van der Waals surface area contributed by atoms with Gasteiger partial charge in [-0.1, -0.05) is 62.3 Å². The van der Waals surface area contributed by atoms with Crippen molar-refractivity contribution in [3.05, 3.63) is 11.3 Å². The number of nitrogens with zero attached hydrogens (tertiary/aromatic N) is 1. The van der Waals surface area contributed by atoms with Gasteiger partial charge >= 0.3 is 5.97 Å². The molecule has 0 aromatic carbocycles. The number of ether oxygens (including phenoxy) is 1. The summed E-state index contributed by atoms with van der Waals surface area (Å²) in [5, 5.41) is 0. The van der Waals surface area contributed by atoms with Crippen LogP contribution in [0.3, 0.4) is 0 Å². The van der Waals surface area contributed by atoms with E-state index in [1.54, 1.807) is 0 Å². The van der Waals surface area contributed by atoms with Crippen LogP contribution in [0.4, 0.5) is 0 Å². The zero-order chi connectivity index (χ0) is 19.3. The molecule has 1 aliphatic heterocycles. The Bertz CT molecular complexity index is 516. The van der Waals surface area contributed by atoms with Crippen LogP contribution in [0.15, 0.2) is 11.3 Å². The average Bonchev–Trinajstić information content (AvgIpc) is 2.41. The highest BCUT2D eigenvalue weighted by Crippen LogP contribution is 2.46. The topological polar surface area (TPSA) is 29.5 Å². The standard InChI is InChI=1S/C21H39NO2/c1-18(2,3)14-13-24-17(23)15(19(4,5)6)16(20(7,8)9)22(14)21(10,11)12/h14H,13H2,1-12H3. The van der Waals surface area contributed by atoms with Crippen molar-refractivity contribution in [2.24, 2.45) is 16.2 Å². The molecule has 0 spiro atoms. The van der Waals surface area contributed by atoms with Gasteiger partial charge in [-0.3, -0.25) is 0 Å². The van der Waals surface area contributed by atoms with E-state index in [9.17, 15) is 4.79 Å². The third kappa shape index (κ3) is 4.34. The number of carbonyl (C=O) groups excluding carboxylic acids is 1. The van der Waals surface area contributed by atoms with Gasteiger partial charge in [0.25, 0.3) is 0 Å². The highest BCUT2D eigenvalue weighted by molar-refractivity contribution is 5.91. The molecular weight excluding hydrogens is 298 g/mol. The van der Waals surface area contributed by atoms with E-state index >= 15 is 0 Å². The lowest BCUT2D eigenvalue weighted by Gasteiger charge is -2.52. The van der Waals surface area contributed by atoms with Gasteiger partial charge in [-0.2, -0.15) is 0 Å². The molecule has 0 aliphatic carbocycles. The minimum absolute atomic E-state index is 0.00259. The third-order valence-electron chi connectivity index (χ3n) is 4.55. The second kappa shape index (κ2) is 6.07. The Morgan fingerprint density at radius 3 is 1.58 bits per heavy atom. The van der Waals surface area contributed by atoms with Crippen LogP contribution in [0.5, 0.6) is 0 Å². The lowest BCUT2D eigenvalue weighted by Crippen LogP contribution is -2.56. The molecule has 0 bridgehead atoms. The fraction of sp³-hybridized carbons (Fsp3) is 0.857. The van der Waals surface area contributed by atoms with Crippen molar-refractivity contribution in [3.8, 4) is 0 Å². The summed E-state index contributed by atoms with van der Waals surface area (Å²) < 4.78 is 5.79. The molecule has 3 nitrogen and oxygen atoms in total. The van der Waals surface area contributed by atoms with E-state index in [0.717, 1.165) is 11.3 Å². The average molecular weight is 338 g/mol. The second-order valence-electron chi connectivity index (χ2n) is 11.2. The number of carbonyl (C=O) groups is 1. The molecule has 0 aromatic rings. The van der Waals surface area contributed by atoms with Gasteiger partial charge in [0.05, 0.1) is 11.6 Å². The minimum Gasteiger partial charge on any atom is -0.460 e. The van der Waals surface area contributed by atoms with Crippen molar-refractivity contribution >= 4 is 5.97 Å². The maximum absolute atomic E-state index is 13.0. The van der Waals surface area contributed by atoms with Crippen LogP contribution < -0.4 is 0 Å². The Balaban J connectivity index is 3.89. The van der Waals surface area contributed by atoms with E-state index in [-0.39, 0.29) is 33.8 Å². The smallest absolute Gasteiger partial charge is 0.336 e. The van der Waals surface area contributed by atoms with Crippen LogP contribution in [-0.4, -0.2) is 29.1 Å². The van der Waals surface area contributed by atoms with Crippen LogP contribution in [0, 0.1) is 16.2 Å². The van der Waals surface area contributed by atoms with Crippen LogP contribution in [0.1, 0.15) is 83.1 Å². The van der Waals surface area contributed by atoms with Gasteiger partial charge in [-0.05, 0) is 31.6 Å². The van der Waals surface area contributed by atoms with Crippen molar-refractivity contribution in [3.63, 3.8) is 0 Å². The summed E-state index contributed by atoms with van der Waals surface area (Å²) in [6.07, 6.45) is 0.